The number of nitrogens with two attached hydrogens (primary N) is 1. The standard InChI is InChI=1S/C33H40N4O2/c34-29-15-20-37(30(22-29)26-11-5-2-6-12-26)32(39)36-19-14-28(33(24-36)16-7-8-17-33)23-35-18-13-27(21-31(35)38)25-9-3-1-4-10-25/h1-6,9-13,18,21,28-30H,7-8,14-17,19-20,22-24,34H2/t28-,29-,30+/m1/s1. The Kier molecular flexibility index (Phi) is 7.30. The minimum Gasteiger partial charge on any atom is -0.328 e. The van der Waals surface area contributed by atoms with Crippen molar-refractivity contribution in [2.24, 2.45) is 17.1 Å². The molecular formula is C33H40N4O2. The molecule has 3 aromatic rings. The van der Waals surface area contributed by atoms with Gasteiger partial charge in [-0.2, -0.15) is 0 Å². The van der Waals surface area contributed by atoms with Gasteiger partial charge in [0, 0.05) is 44.5 Å². The van der Waals surface area contributed by atoms with Crippen LogP contribution in [-0.2, 0) is 6.54 Å². The van der Waals surface area contributed by atoms with Crippen molar-refractivity contribution in [2.75, 3.05) is 19.6 Å². The number of carbonyl (C=O) groups excluding carboxylic acids is 1. The second-order valence-corrected chi connectivity index (χ2v) is 11.9. The van der Waals surface area contributed by atoms with Crippen molar-refractivity contribution in [3.05, 3.63) is 94.9 Å². The number of likely N-dealkylation sites (tertiary alicyclic amines) is 2. The lowest BCUT2D eigenvalue weighted by atomic mass is 9.69. The molecule has 3 atom stereocenters. The minimum absolute atomic E-state index is 0.0291. The second kappa shape index (κ2) is 11.0. The van der Waals surface area contributed by atoms with Gasteiger partial charge in [0.15, 0.2) is 0 Å². The molecule has 2 aliphatic heterocycles. The van der Waals surface area contributed by atoms with E-state index >= 15 is 0 Å². The van der Waals surface area contributed by atoms with Crippen molar-refractivity contribution >= 4 is 6.03 Å². The molecule has 3 fully saturated rings. The van der Waals surface area contributed by atoms with E-state index in [2.05, 4.69) is 28.0 Å². The molecule has 0 bridgehead atoms. The van der Waals surface area contributed by atoms with Crippen molar-refractivity contribution in [1.82, 2.24) is 14.4 Å². The van der Waals surface area contributed by atoms with Crippen LogP contribution in [0.1, 0.15) is 56.6 Å². The molecule has 6 heteroatoms. The van der Waals surface area contributed by atoms with E-state index in [0.717, 1.165) is 62.9 Å². The van der Waals surface area contributed by atoms with E-state index in [9.17, 15) is 9.59 Å². The molecular weight excluding hydrogens is 484 g/mol. The first-order valence-electron chi connectivity index (χ1n) is 14.6. The van der Waals surface area contributed by atoms with Gasteiger partial charge in [-0.1, -0.05) is 73.5 Å². The lowest BCUT2D eigenvalue weighted by molar-refractivity contribution is 0.0215. The average Bonchev–Trinajstić information content (AvgIpc) is 3.44. The summed E-state index contributed by atoms with van der Waals surface area (Å²) in [7, 11) is 0. The highest BCUT2D eigenvalue weighted by atomic mass is 16.2. The number of amides is 2. The first-order valence-corrected chi connectivity index (χ1v) is 14.6. The molecule has 2 amide bonds. The molecule has 1 saturated carbocycles. The van der Waals surface area contributed by atoms with E-state index in [0.29, 0.717) is 12.5 Å². The minimum atomic E-state index is 0.0291. The van der Waals surface area contributed by atoms with E-state index in [1.165, 1.54) is 18.4 Å². The number of aromatic nitrogens is 1. The van der Waals surface area contributed by atoms with Crippen LogP contribution >= 0.6 is 0 Å². The van der Waals surface area contributed by atoms with Crippen LogP contribution in [0.15, 0.2) is 83.8 Å². The zero-order chi connectivity index (χ0) is 26.8. The molecule has 6 rings (SSSR count). The summed E-state index contributed by atoms with van der Waals surface area (Å²) in [5.74, 6) is 0.393. The molecule has 3 aliphatic rings. The van der Waals surface area contributed by atoms with Gasteiger partial charge in [0.05, 0.1) is 6.04 Å². The molecule has 2 N–H and O–H groups in total. The highest BCUT2D eigenvalue weighted by Crippen LogP contribution is 2.49. The highest BCUT2D eigenvalue weighted by molar-refractivity contribution is 5.75. The quantitative estimate of drug-likeness (QED) is 0.477. The Balaban J connectivity index is 1.19. The maximum Gasteiger partial charge on any atom is 0.320 e. The average molecular weight is 525 g/mol. The van der Waals surface area contributed by atoms with Gasteiger partial charge < -0.3 is 20.1 Å². The van der Waals surface area contributed by atoms with E-state index in [1.807, 2.05) is 59.3 Å². The number of rotatable bonds is 4. The summed E-state index contributed by atoms with van der Waals surface area (Å²) < 4.78 is 1.89. The number of hydrogen-bond donors (Lipinski definition) is 1. The smallest absolute Gasteiger partial charge is 0.320 e. The zero-order valence-electron chi connectivity index (χ0n) is 22.8. The molecule has 2 saturated heterocycles. The zero-order valence-corrected chi connectivity index (χ0v) is 22.8. The van der Waals surface area contributed by atoms with Crippen LogP contribution in [0.3, 0.4) is 0 Å². The van der Waals surface area contributed by atoms with Gasteiger partial charge in [0.1, 0.15) is 0 Å². The van der Waals surface area contributed by atoms with Gasteiger partial charge >= 0.3 is 6.03 Å². The van der Waals surface area contributed by atoms with Crippen LogP contribution in [-0.4, -0.2) is 46.1 Å². The lowest BCUT2D eigenvalue weighted by Crippen LogP contribution is -2.56. The molecule has 1 aromatic heterocycles. The SMILES string of the molecule is N[C@@H]1CCN(C(=O)N2CC[C@H](Cn3ccc(-c4ccccc4)cc3=O)C3(CCCC3)C2)[C@H](c2ccccc2)C1. The summed E-state index contributed by atoms with van der Waals surface area (Å²) in [6, 6.07) is 24.6. The van der Waals surface area contributed by atoms with Gasteiger partial charge in [-0.25, -0.2) is 4.79 Å². The number of carbonyl (C=O) groups is 1. The Hall–Kier alpha value is -3.38. The molecule has 39 heavy (non-hydrogen) atoms. The summed E-state index contributed by atoms with van der Waals surface area (Å²) in [5.41, 5.74) is 9.70. The summed E-state index contributed by atoms with van der Waals surface area (Å²) in [4.78, 5) is 31.4. The fourth-order valence-corrected chi connectivity index (χ4v) is 7.40. The van der Waals surface area contributed by atoms with Gasteiger partial charge in [-0.05, 0) is 66.2 Å². The Morgan fingerprint density at radius 1 is 0.897 bits per heavy atom. The van der Waals surface area contributed by atoms with Crippen LogP contribution in [0.25, 0.3) is 11.1 Å². The number of nitrogens with zero attached hydrogens (tertiary/aromatic N) is 3. The first kappa shape index (κ1) is 25.9. The van der Waals surface area contributed by atoms with Crippen LogP contribution < -0.4 is 11.3 Å². The number of urea groups is 1. The molecule has 2 aromatic carbocycles. The maximum atomic E-state index is 14.0. The van der Waals surface area contributed by atoms with Gasteiger partial charge in [-0.3, -0.25) is 4.79 Å². The summed E-state index contributed by atoms with van der Waals surface area (Å²) in [6.07, 6.45) is 9.21. The molecule has 1 spiro atoms. The number of piperidine rings is 2. The van der Waals surface area contributed by atoms with Crippen LogP contribution in [0.4, 0.5) is 4.79 Å². The number of hydrogen-bond acceptors (Lipinski definition) is 3. The van der Waals surface area contributed by atoms with Crippen molar-refractivity contribution < 1.29 is 4.79 Å². The Morgan fingerprint density at radius 3 is 2.33 bits per heavy atom. The predicted molar refractivity (Wildman–Crippen MR) is 155 cm³/mol. The summed E-state index contributed by atoms with van der Waals surface area (Å²) in [5, 5.41) is 0. The molecule has 3 heterocycles. The topological polar surface area (TPSA) is 71.6 Å². The molecule has 6 nitrogen and oxygen atoms in total. The monoisotopic (exact) mass is 524 g/mol. The van der Waals surface area contributed by atoms with Crippen molar-refractivity contribution in [3.63, 3.8) is 0 Å². The fraction of sp³-hybridized carbons (Fsp3) is 0.455. The number of pyridine rings is 1. The van der Waals surface area contributed by atoms with Gasteiger partial charge in [-0.15, -0.1) is 0 Å². The summed E-state index contributed by atoms with van der Waals surface area (Å²) >= 11 is 0. The molecule has 1 aliphatic carbocycles. The van der Waals surface area contributed by atoms with Crippen molar-refractivity contribution in [3.8, 4) is 11.1 Å². The van der Waals surface area contributed by atoms with Crippen LogP contribution in [0, 0.1) is 11.3 Å². The molecule has 0 radical (unpaired) electrons. The summed E-state index contributed by atoms with van der Waals surface area (Å²) in [6.45, 7) is 2.96. The third-order valence-electron chi connectivity index (χ3n) is 9.58. The second-order valence-electron chi connectivity index (χ2n) is 11.9. The molecule has 0 unspecified atom stereocenters. The third kappa shape index (κ3) is 5.27. The maximum absolute atomic E-state index is 14.0. The third-order valence-corrected chi connectivity index (χ3v) is 9.58. The Bertz CT molecular complexity index is 1330. The van der Waals surface area contributed by atoms with Crippen LogP contribution in [0.5, 0.6) is 0 Å². The van der Waals surface area contributed by atoms with Gasteiger partial charge in [0.25, 0.3) is 5.56 Å². The lowest BCUT2D eigenvalue weighted by Gasteiger charge is -2.49. The fourth-order valence-electron chi connectivity index (χ4n) is 7.40. The Morgan fingerprint density at radius 2 is 1.62 bits per heavy atom. The van der Waals surface area contributed by atoms with E-state index < -0.39 is 0 Å². The first-order chi connectivity index (χ1) is 19.0. The normalized spacial score (nSPS) is 24.7. The highest BCUT2D eigenvalue weighted by Gasteiger charge is 2.47. The van der Waals surface area contributed by atoms with Gasteiger partial charge in [0.2, 0.25) is 0 Å². The van der Waals surface area contributed by atoms with Crippen molar-refractivity contribution in [2.45, 2.75) is 63.6 Å². The van der Waals surface area contributed by atoms with Crippen LogP contribution in [0.2, 0.25) is 0 Å². The Labute approximate surface area is 231 Å². The largest absolute Gasteiger partial charge is 0.328 e. The molecule has 204 valence electrons. The van der Waals surface area contributed by atoms with E-state index in [-0.39, 0.29) is 29.1 Å². The van der Waals surface area contributed by atoms with E-state index in [4.69, 9.17) is 5.73 Å². The van der Waals surface area contributed by atoms with Crippen molar-refractivity contribution in [1.29, 1.82) is 0 Å². The van der Waals surface area contributed by atoms with E-state index in [1.54, 1.807) is 6.07 Å². The predicted octanol–water partition coefficient (Wildman–Crippen LogP) is 5.68. The number of benzene rings is 2.